The van der Waals surface area contributed by atoms with Gasteiger partial charge in [0.15, 0.2) is 0 Å². The maximum atomic E-state index is 11.2. The van der Waals surface area contributed by atoms with Crippen LogP contribution in [0.5, 0.6) is 0 Å². The van der Waals surface area contributed by atoms with Crippen LogP contribution in [0.15, 0.2) is 0 Å². The van der Waals surface area contributed by atoms with Crippen LogP contribution in [0, 0.1) is 5.92 Å². The van der Waals surface area contributed by atoms with E-state index in [4.69, 9.17) is 10.5 Å². The molecule has 0 saturated heterocycles. The first kappa shape index (κ1) is 10.5. The molecule has 1 rings (SSSR count). The highest BCUT2D eigenvalue weighted by Gasteiger charge is 2.40. The van der Waals surface area contributed by atoms with E-state index in [2.05, 4.69) is 0 Å². The van der Waals surface area contributed by atoms with E-state index < -0.39 is 5.60 Å². The first-order valence-corrected chi connectivity index (χ1v) is 4.96. The number of carbonyl (C=O) groups excluding carboxylic acids is 1. The van der Waals surface area contributed by atoms with E-state index in [-0.39, 0.29) is 5.91 Å². The molecule has 1 aliphatic rings. The Bertz CT molecular complexity index is 187. The smallest absolute Gasteiger partial charge is 0.249 e. The second kappa shape index (κ2) is 4.09. The number of carbonyl (C=O) groups is 1. The van der Waals surface area contributed by atoms with Gasteiger partial charge >= 0.3 is 0 Å². The van der Waals surface area contributed by atoms with Gasteiger partial charge < -0.3 is 10.5 Å². The number of rotatable bonds is 3. The Labute approximate surface area is 79.6 Å². The summed E-state index contributed by atoms with van der Waals surface area (Å²) in [6, 6.07) is 0. The molecule has 0 unspecified atom stereocenters. The summed E-state index contributed by atoms with van der Waals surface area (Å²) in [6.45, 7) is 1.81. The van der Waals surface area contributed by atoms with Gasteiger partial charge in [0.25, 0.3) is 0 Å². The predicted molar refractivity (Wildman–Crippen MR) is 51.2 cm³/mol. The van der Waals surface area contributed by atoms with Crippen LogP contribution in [-0.4, -0.2) is 18.6 Å². The maximum absolute atomic E-state index is 11.2. The number of hydrogen-bond acceptors (Lipinski definition) is 2. The van der Waals surface area contributed by atoms with Crippen molar-refractivity contribution in [2.24, 2.45) is 11.7 Å². The van der Waals surface area contributed by atoms with Crippen LogP contribution < -0.4 is 5.73 Å². The van der Waals surface area contributed by atoms with Crippen LogP contribution in [0.4, 0.5) is 0 Å². The van der Waals surface area contributed by atoms with Gasteiger partial charge in [0.05, 0.1) is 0 Å². The maximum Gasteiger partial charge on any atom is 0.249 e. The highest BCUT2D eigenvalue weighted by molar-refractivity contribution is 5.83. The van der Waals surface area contributed by atoms with Crippen molar-refractivity contribution in [3.8, 4) is 0 Å². The van der Waals surface area contributed by atoms with Crippen molar-refractivity contribution in [2.75, 3.05) is 7.11 Å². The topological polar surface area (TPSA) is 52.3 Å². The van der Waals surface area contributed by atoms with Gasteiger partial charge in [0.2, 0.25) is 5.91 Å². The van der Waals surface area contributed by atoms with Crippen molar-refractivity contribution in [3.05, 3.63) is 0 Å². The zero-order valence-corrected chi connectivity index (χ0v) is 8.51. The molecule has 3 nitrogen and oxygen atoms in total. The molecule has 76 valence electrons. The second-order valence-corrected chi connectivity index (χ2v) is 4.01. The molecule has 13 heavy (non-hydrogen) atoms. The lowest BCUT2D eigenvalue weighted by atomic mass is 9.77. The van der Waals surface area contributed by atoms with Crippen molar-refractivity contribution >= 4 is 5.91 Å². The lowest BCUT2D eigenvalue weighted by Crippen LogP contribution is -2.49. The molecule has 1 aliphatic carbocycles. The van der Waals surface area contributed by atoms with E-state index in [1.54, 1.807) is 7.11 Å². The Hall–Kier alpha value is -0.570. The largest absolute Gasteiger partial charge is 0.368 e. The molecule has 0 aromatic carbocycles. The highest BCUT2D eigenvalue weighted by atomic mass is 16.5. The second-order valence-electron chi connectivity index (χ2n) is 4.01. The molecule has 0 aliphatic heterocycles. The van der Waals surface area contributed by atoms with Crippen LogP contribution in [0.2, 0.25) is 0 Å². The highest BCUT2D eigenvalue weighted by Crippen LogP contribution is 2.34. The van der Waals surface area contributed by atoms with Crippen LogP contribution in [0.3, 0.4) is 0 Å². The summed E-state index contributed by atoms with van der Waals surface area (Å²) in [6.07, 6.45) is 5.78. The van der Waals surface area contributed by atoms with Crippen molar-refractivity contribution in [1.82, 2.24) is 0 Å². The van der Waals surface area contributed by atoms with Crippen molar-refractivity contribution < 1.29 is 9.53 Å². The minimum absolute atomic E-state index is 0.309. The summed E-state index contributed by atoms with van der Waals surface area (Å²) in [5, 5.41) is 0. The Balaban J connectivity index is 2.68. The van der Waals surface area contributed by atoms with E-state index >= 15 is 0 Å². The third-order valence-electron chi connectivity index (χ3n) is 3.30. The molecule has 1 saturated carbocycles. The summed E-state index contributed by atoms with van der Waals surface area (Å²) < 4.78 is 5.26. The summed E-state index contributed by atoms with van der Waals surface area (Å²) in [5.74, 6) is -0.0225. The standard InChI is InChI=1S/C10H19NO2/c1-10(13-2,9(11)12)8-6-4-3-5-7-8/h8H,3-7H2,1-2H3,(H2,11,12)/t10-/m1/s1. The fourth-order valence-corrected chi connectivity index (χ4v) is 2.12. The molecule has 2 N–H and O–H groups in total. The number of methoxy groups -OCH3 is 1. The molecule has 0 aromatic rings. The number of primary amides is 1. The molecule has 0 radical (unpaired) electrons. The number of ether oxygens (including phenoxy) is 1. The predicted octanol–water partition coefficient (Wildman–Crippen LogP) is 1.46. The van der Waals surface area contributed by atoms with Crippen LogP contribution >= 0.6 is 0 Å². The van der Waals surface area contributed by atoms with Crippen molar-refractivity contribution in [1.29, 1.82) is 0 Å². The molecule has 0 spiro atoms. The molecular formula is C10H19NO2. The lowest BCUT2D eigenvalue weighted by molar-refractivity contribution is -0.146. The number of hydrogen-bond donors (Lipinski definition) is 1. The normalized spacial score (nSPS) is 23.8. The Morgan fingerprint density at radius 1 is 1.38 bits per heavy atom. The zero-order chi connectivity index (χ0) is 9.90. The van der Waals surface area contributed by atoms with Gasteiger partial charge in [-0.2, -0.15) is 0 Å². The molecule has 3 heteroatoms. The van der Waals surface area contributed by atoms with Gasteiger partial charge in [-0.25, -0.2) is 0 Å². The third kappa shape index (κ3) is 2.02. The zero-order valence-electron chi connectivity index (χ0n) is 8.51. The first-order chi connectivity index (χ1) is 6.11. The minimum atomic E-state index is -0.750. The molecule has 1 atom stereocenters. The van der Waals surface area contributed by atoms with Crippen molar-refractivity contribution in [3.63, 3.8) is 0 Å². The summed E-state index contributed by atoms with van der Waals surface area (Å²) in [4.78, 5) is 11.2. The van der Waals surface area contributed by atoms with E-state index in [0.717, 1.165) is 12.8 Å². The molecule has 1 fully saturated rings. The fraction of sp³-hybridized carbons (Fsp3) is 0.900. The van der Waals surface area contributed by atoms with E-state index in [1.165, 1.54) is 19.3 Å². The van der Waals surface area contributed by atoms with Gasteiger partial charge in [-0.1, -0.05) is 19.3 Å². The third-order valence-corrected chi connectivity index (χ3v) is 3.30. The van der Waals surface area contributed by atoms with E-state index in [9.17, 15) is 4.79 Å². The lowest BCUT2D eigenvalue weighted by Gasteiger charge is -2.35. The van der Waals surface area contributed by atoms with Gasteiger partial charge in [0, 0.05) is 7.11 Å². The Kier molecular flexibility index (Phi) is 3.31. The summed E-state index contributed by atoms with van der Waals surface area (Å²) in [5.41, 5.74) is 4.60. The molecule has 1 amide bonds. The van der Waals surface area contributed by atoms with E-state index in [1.807, 2.05) is 6.92 Å². The molecular weight excluding hydrogens is 166 g/mol. The SMILES string of the molecule is CO[C@@](C)(C(N)=O)C1CCCCC1. The Morgan fingerprint density at radius 2 is 1.92 bits per heavy atom. The minimum Gasteiger partial charge on any atom is -0.368 e. The van der Waals surface area contributed by atoms with Gasteiger partial charge in [-0.3, -0.25) is 4.79 Å². The molecule has 0 aromatic heterocycles. The number of nitrogens with two attached hydrogens (primary N) is 1. The molecule has 0 bridgehead atoms. The first-order valence-electron chi connectivity index (χ1n) is 4.96. The number of amides is 1. The summed E-state index contributed by atoms with van der Waals surface area (Å²) >= 11 is 0. The van der Waals surface area contributed by atoms with Crippen LogP contribution in [-0.2, 0) is 9.53 Å². The Morgan fingerprint density at radius 3 is 2.31 bits per heavy atom. The monoisotopic (exact) mass is 185 g/mol. The van der Waals surface area contributed by atoms with Gasteiger partial charge in [-0.05, 0) is 25.7 Å². The average Bonchev–Trinajstić information content (AvgIpc) is 2.17. The summed E-state index contributed by atoms with van der Waals surface area (Å²) in [7, 11) is 1.57. The van der Waals surface area contributed by atoms with Crippen LogP contribution in [0.25, 0.3) is 0 Å². The van der Waals surface area contributed by atoms with Crippen molar-refractivity contribution in [2.45, 2.75) is 44.6 Å². The van der Waals surface area contributed by atoms with Gasteiger partial charge in [0.1, 0.15) is 5.60 Å². The molecule has 0 heterocycles. The fourth-order valence-electron chi connectivity index (χ4n) is 2.12. The average molecular weight is 185 g/mol. The van der Waals surface area contributed by atoms with E-state index in [0.29, 0.717) is 5.92 Å². The quantitative estimate of drug-likeness (QED) is 0.723. The van der Waals surface area contributed by atoms with Gasteiger partial charge in [-0.15, -0.1) is 0 Å². The van der Waals surface area contributed by atoms with Crippen LogP contribution in [0.1, 0.15) is 39.0 Å².